The normalized spacial score (nSPS) is 11.6. The number of hydrogen-bond acceptors (Lipinski definition) is 4. The van der Waals surface area contributed by atoms with Gasteiger partial charge in [-0.1, -0.05) is 23.7 Å². The lowest BCUT2D eigenvalue weighted by atomic mass is 10.1. The van der Waals surface area contributed by atoms with Crippen molar-refractivity contribution in [3.05, 3.63) is 64.7 Å². The molecule has 0 bridgehead atoms. The Morgan fingerprint density at radius 1 is 1.11 bits per heavy atom. The van der Waals surface area contributed by atoms with Crippen LogP contribution >= 0.6 is 11.6 Å². The lowest BCUT2D eigenvalue weighted by Crippen LogP contribution is -2.27. The predicted molar refractivity (Wildman–Crippen MR) is 110 cm³/mol. The molecule has 152 valence electrons. The van der Waals surface area contributed by atoms with E-state index in [1.54, 1.807) is 36.4 Å². The molecule has 2 aromatic rings. The highest BCUT2D eigenvalue weighted by molar-refractivity contribution is 7.89. The van der Waals surface area contributed by atoms with Crippen molar-refractivity contribution < 1.29 is 17.9 Å². The number of amides is 1. The molecule has 0 unspecified atom stereocenters. The van der Waals surface area contributed by atoms with Crippen molar-refractivity contribution in [3.63, 3.8) is 0 Å². The lowest BCUT2D eigenvalue weighted by Gasteiger charge is -2.17. The van der Waals surface area contributed by atoms with E-state index in [1.807, 2.05) is 6.92 Å². The van der Waals surface area contributed by atoms with Crippen molar-refractivity contribution in [1.29, 1.82) is 0 Å². The minimum absolute atomic E-state index is 0.162. The summed E-state index contributed by atoms with van der Waals surface area (Å²) in [6, 6.07) is 12.9. The van der Waals surface area contributed by atoms with Crippen molar-refractivity contribution in [2.24, 2.45) is 0 Å². The highest BCUT2D eigenvalue weighted by Crippen LogP contribution is 2.19. The number of ether oxygens (including phenoxy) is 1. The van der Waals surface area contributed by atoms with Gasteiger partial charge in [-0.3, -0.25) is 4.79 Å². The van der Waals surface area contributed by atoms with Crippen LogP contribution in [-0.4, -0.2) is 45.4 Å². The van der Waals surface area contributed by atoms with Crippen molar-refractivity contribution in [1.82, 2.24) is 9.62 Å². The van der Waals surface area contributed by atoms with E-state index in [2.05, 4.69) is 5.32 Å². The van der Waals surface area contributed by atoms with E-state index in [0.717, 1.165) is 12.0 Å². The van der Waals surface area contributed by atoms with Gasteiger partial charge in [0.05, 0.1) is 4.90 Å². The zero-order chi connectivity index (χ0) is 20.6. The molecule has 0 aromatic heterocycles. The number of nitrogens with zero attached hydrogens (tertiary/aromatic N) is 1. The Hall–Kier alpha value is -1.93. The molecule has 0 atom stereocenters. The zero-order valence-electron chi connectivity index (χ0n) is 16.0. The van der Waals surface area contributed by atoms with Gasteiger partial charge >= 0.3 is 0 Å². The van der Waals surface area contributed by atoms with E-state index in [9.17, 15) is 13.2 Å². The van der Waals surface area contributed by atoms with Gasteiger partial charge in [0.2, 0.25) is 10.0 Å². The molecule has 1 N–H and O–H groups in total. The predicted octanol–water partition coefficient (Wildman–Crippen LogP) is 3.32. The summed E-state index contributed by atoms with van der Waals surface area (Å²) >= 11 is 5.82. The van der Waals surface area contributed by atoms with Crippen molar-refractivity contribution in [2.45, 2.75) is 24.8 Å². The van der Waals surface area contributed by atoms with E-state index in [-0.39, 0.29) is 17.3 Å². The van der Waals surface area contributed by atoms with Crippen molar-refractivity contribution in [2.75, 3.05) is 26.8 Å². The molecule has 0 heterocycles. The Morgan fingerprint density at radius 2 is 1.75 bits per heavy atom. The Morgan fingerprint density at radius 3 is 2.36 bits per heavy atom. The van der Waals surface area contributed by atoms with Crippen LogP contribution < -0.4 is 5.32 Å². The number of nitrogens with one attached hydrogen (secondary N) is 1. The van der Waals surface area contributed by atoms with E-state index in [1.165, 1.54) is 23.5 Å². The van der Waals surface area contributed by atoms with Crippen LogP contribution in [0, 0.1) is 0 Å². The maximum absolute atomic E-state index is 12.6. The molecular formula is C20H25ClN2O4S. The van der Waals surface area contributed by atoms with E-state index < -0.39 is 10.0 Å². The van der Waals surface area contributed by atoms with Crippen molar-refractivity contribution in [3.8, 4) is 0 Å². The summed E-state index contributed by atoms with van der Waals surface area (Å²) in [5, 5.41) is 3.31. The second-order valence-electron chi connectivity index (χ2n) is 6.22. The highest BCUT2D eigenvalue weighted by atomic mass is 35.5. The molecule has 0 aliphatic rings. The standard InChI is InChI=1S/C20H25ClN2O4S/c1-3-27-14-4-13-22-20(24)17-7-5-16(6-8-17)15-23(2)28(25,26)19-11-9-18(21)10-12-19/h5-12H,3-4,13-15H2,1-2H3,(H,22,24). The van der Waals surface area contributed by atoms with Gasteiger partial charge in [-0.25, -0.2) is 8.42 Å². The largest absolute Gasteiger partial charge is 0.382 e. The van der Waals surface area contributed by atoms with Crippen LogP contribution in [0.2, 0.25) is 5.02 Å². The maximum atomic E-state index is 12.6. The molecule has 6 nitrogen and oxygen atoms in total. The first-order valence-electron chi connectivity index (χ1n) is 9.01. The van der Waals surface area contributed by atoms with Crippen molar-refractivity contribution >= 4 is 27.5 Å². The molecule has 0 spiro atoms. The van der Waals surface area contributed by atoms with Crippen LogP contribution in [0.1, 0.15) is 29.3 Å². The molecule has 0 aliphatic carbocycles. The van der Waals surface area contributed by atoms with Gasteiger partial charge in [0.15, 0.2) is 0 Å². The number of sulfonamides is 1. The van der Waals surface area contributed by atoms with Gasteiger partial charge in [-0.05, 0) is 55.3 Å². The number of halogens is 1. The quantitative estimate of drug-likeness (QED) is 0.593. The first-order valence-corrected chi connectivity index (χ1v) is 10.8. The summed E-state index contributed by atoms with van der Waals surface area (Å²) < 4.78 is 31.7. The first kappa shape index (κ1) is 22.4. The monoisotopic (exact) mass is 424 g/mol. The van der Waals surface area contributed by atoms with Crippen LogP contribution in [0.15, 0.2) is 53.4 Å². The van der Waals surface area contributed by atoms with E-state index in [0.29, 0.717) is 30.3 Å². The third-order valence-corrected chi connectivity index (χ3v) is 6.17. The molecule has 2 aromatic carbocycles. The molecule has 1 amide bonds. The molecule has 28 heavy (non-hydrogen) atoms. The number of carbonyl (C=O) groups excluding carboxylic acids is 1. The molecule has 0 aliphatic heterocycles. The summed E-state index contributed by atoms with van der Waals surface area (Å²) in [5.74, 6) is -0.162. The summed E-state index contributed by atoms with van der Waals surface area (Å²) in [6.45, 7) is 3.95. The molecule has 0 fully saturated rings. The molecule has 2 rings (SSSR count). The summed E-state index contributed by atoms with van der Waals surface area (Å²) in [7, 11) is -2.10. The Bertz CT molecular complexity index is 868. The zero-order valence-corrected chi connectivity index (χ0v) is 17.6. The second kappa shape index (κ2) is 10.6. The fraction of sp³-hybridized carbons (Fsp3) is 0.350. The van der Waals surface area contributed by atoms with Gasteiger partial charge in [-0.2, -0.15) is 4.31 Å². The average Bonchev–Trinajstić information content (AvgIpc) is 2.68. The fourth-order valence-electron chi connectivity index (χ4n) is 2.51. The van der Waals surface area contributed by atoms with Crippen LogP contribution in [0.4, 0.5) is 0 Å². The Labute approximate surface area is 171 Å². The SMILES string of the molecule is CCOCCCNC(=O)c1ccc(CN(C)S(=O)(=O)c2ccc(Cl)cc2)cc1. The second-order valence-corrected chi connectivity index (χ2v) is 8.70. The molecular weight excluding hydrogens is 400 g/mol. The highest BCUT2D eigenvalue weighted by Gasteiger charge is 2.20. The van der Waals surface area contributed by atoms with Gasteiger partial charge in [0.25, 0.3) is 5.91 Å². The number of carbonyl (C=O) groups is 1. The summed E-state index contributed by atoms with van der Waals surface area (Å²) in [5.41, 5.74) is 1.32. The number of hydrogen-bond donors (Lipinski definition) is 1. The van der Waals surface area contributed by atoms with Gasteiger partial charge in [0, 0.05) is 43.9 Å². The van der Waals surface area contributed by atoms with Crippen LogP contribution in [-0.2, 0) is 21.3 Å². The number of benzene rings is 2. The fourth-order valence-corrected chi connectivity index (χ4v) is 3.80. The van der Waals surface area contributed by atoms with Gasteiger partial charge in [-0.15, -0.1) is 0 Å². The van der Waals surface area contributed by atoms with Gasteiger partial charge in [0.1, 0.15) is 0 Å². The molecule has 0 radical (unpaired) electrons. The van der Waals surface area contributed by atoms with Gasteiger partial charge < -0.3 is 10.1 Å². The molecule has 0 saturated carbocycles. The molecule has 8 heteroatoms. The third-order valence-electron chi connectivity index (χ3n) is 4.10. The van der Waals surface area contributed by atoms with Crippen LogP contribution in [0.5, 0.6) is 0 Å². The Balaban J connectivity index is 1.94. The summed E-state index contributed by atoms with van der Waals surface area (Å²) in [6.07, 6.45) is 0.755. The average molecular weight is 425 g/mol. The lowest BCUT2D eigenvalue weighted by molar-refractivity contribution is 0.0944. The summed E-state index contributed by atoms with van der Waals surface area (Å²) in [4.78, 5) is 12.3. The van der Waals surface area contributed by atoms with E-state index >= 15 is 0 Å². The van der Waals surface area contributed by atoms with Crippen LogP contribution in [0.25, 0.3) is 0 Å². The minimum Gasteiger partial charge on any atom is -0.382 e. The third kappa shape index (κ3) is 6.31. The first-order chi connectivity index (χ1) is 13.3. The van der Waals surface area contributed by atoms with Crippen LogP contribution in [0.3, 0.4) is 0 Å². The Kier molecular flexibility index (Phi) is 8.44. The maximum Gasteiger partial charge on any atom is 0.251 e. The molecule has 0 saturated heterocycles. The smallest absolute Gasteiger partial charge is 0.251 e. The number of rotatable bonds is 10. The minimum atomic E-state index is -3.62. The topological polar surface area (TPSA) is 75.7 Å². The van der Waals surface area contributed by atoms with E-state index in [4.69, 9.17) is 16.3 Å².